The Kier molecular flexibility index (Phi) is 12.7. The summed E-state index contributed by atoms with van der Waals surface area (Å²) in [4.78, 5) is 0. The van der Waals surface area contributed by atoms with Gasteiger partial charge in [0.2, 0.25) is 10.0 Å². The summed E-state index contributed by atoms with van der Waals surface area (Å²) < 4.78 is 36.2. The van der Waals surface area contributed by atoms with E-state index in [1.54, 1.807) is 0 Å². The maximum absolute atomic E-state index is 11.6. The van der Waals surface area contributed by atoms with Crippen molar-refractivity contribution in [3.63, 3.8) is 0 Å². The fourth-order valence-corrected chi connectivity index (χ4v) is 2.65. The molecule has 0 spiro atoms. The average molecular weight is 295 g/mol. The van der Waals surface area contributed by atoms with Crippen molar-refractivity contribution in [2.45, 2.75) is 46.0 Å². The highest BCUT2D eigenvalue weighted by atomic mass is 32.2. The van der Waals surface area contributed by atoms with E-state index in [1.165, 1.54) is 0 Å². The minimum Gasteiger partial charge on any atom is -0.379 e. The number of ether oxygens (including phenoxy) is 2. The fourth-order valence-electron chi connectivity index (χ4n) is 1.53. The van der Waals surface area contributed by atoms with Gasteiger partial charge in [-0.15, -0.1) is 0 Å². The molecule has 0 aliphatic heterocycles. The first-order valence-electron chi connectivity index (χ1n) is 7.25. The second-order valence-electron chi connectivity index (χ2n) is 4.50. The largest absolute Gasteiger partial charge is 0.379 e. The van der Waals surface area contributed by atoms with Crippen LogP contribution in [-0.4, -0.2) is 47.1 Å². The molecule has 19 heavy (non-hydrogen) atoms. The molecular weight excluding hydrogens is 266 g/mol. The van der Waals surface area contributed by atoms with Gasteiger partial charge >= 0.3 is 0 Å². The molecule has 6 heteroatoms. The van der Waals surface area contributed by atoms with Crippen molar-refractivity contribution in [2.24, 2.45) is 0 Å². The smallest absolute Gasteiger partial charge is 0.211 e. The Morgan fingerprint density at radius 3 is 2.16 bits per heavy atom. The van der Waals surface area contributed by atoms with Gasteiger partial charge < -0.3 is 9.47 Å². The third-order valence-electron chi connectivity index (χ3n) is 2.56. The van der Waals surface area contributed by atoms with Gasteiger partial charge in [0.05, 0.1) is 25.6 Å². The minimum absolute atomic E-state index is 0.215. The van der Waals surface area contributed by atoms with E-state index in [0.717, 1.165) is 38.7 Å². The molecule has 0 aliphatic rings. The predicted octanol–water partition coefficient (Wildman–Crippen LogP) is 1.93. The molecule has 0 radical (unpaired) electrons. The highest BCUT2D eigenvalue weighted by Gasteiger charge is 2.08. The normalized spacial score (nSPS) is 11.9. The Morgan fingerprint density at radius 1 is 0.842 bits per heavy atom. The molecule has 0 bridgehead atoms. The third-order valence-corrected chi connectivity index (χ3v) is 4.03. The summed E-state index contributed by atoms with van der Waals surface area (Å²) in [6.07, 6.45) is 4.91. The number of nitrogens with one attached hydrogen (secondary N) is 1. The third kappa shape index (κ3) is 14.1. The number of hydrogen-bond acceptors (Lipinski definition) is 4. The molecule has 5 nitrogen and oxygen atoms in total. The number of unbranched alkanes of at least 4 members (excludes halogenated alkanes) is 3. The van der Waals surface area contributed by atoms with Crippen LogP contribution in [0.1, 0.15) is 46.0 Å². The Balaban J connectivity index is 3.38. The Labute approximate surface area is 118 Å². The first-order chi connectivity index (χ1) is 9.12. The van der Waals surface area contributed by atoms with Gasteiger partial charge in [0.15, 0.2) is 0 Å². The lowest BCUT2D eigenvalue weighted by molar-refractivity contribution is 0.0502. The molecule has 0 amide bonds. The molecule has 0 saturated heterocycles. The summed E-state index contributed by atoms with van der Waals surface area (Å²) in [5.41, 5.74) is 0. The average Bonchev–Trinajstić information content (AvgIpc) is 2.38. The van der Waals surface area contributed by atoms with Crippen molar-refractivity contribution in [1.82, 2.24) is 4.72 Å². The van der Waals surface area contributed by atoms with Crippen LogP contribution < -0.4 is 4.72 Å². The van der Waals surface area contributed by atoms with Crippen molar-refractivity contribution in [3.05, 3.63) is 0 Å². The zero-order chi connectivity index (χ0) is 14.4. The summed E-state index contributed by atoms with van der Waals surface area (Å²) in [7, 11) is -3.12. The van der Waals surface area contributed by atoms with Crippen molar-refractivity contribution >= 4 is 10.0 Å². The van der Waals surface area contributed by atoms with Crippen LogP contribution in [0, 0.1) is 0 Å². The van der Waals surface area contributed by atoms with E-state index in [2.05, 4.69) is 18.6 Å². The Bertz CT molecular complexity index is 280. The zero-order valence-corrected chi connectivity index (χ0v) is 13.1. The summed E-state index contributed by atoms with van der Waals surface area (Å²) in [6, 6.07) is 0. The molecule has 116 valence electrons. The Morgan fingerprint density at radius 2 is 1.53 bits per heavy atom. The van der Waals surface area contributed by atoms with Crippen molar-refractivity contribution in [1.29, 1.82) is 0 Å². The van der Waals surface area contributed by atoms with E-state index in [-0.39, 0.29) is 5.75 Å². The molecule has 0 aromatic heterocycles. The van der Waals surface area contributed by atoms with Crippen LogP contribution >= 0.6 is 0 Å². The summed E-state index contributed by atoms with van der Waals surface area (Å²) in [6.45, 7) is 6.71. The maximum Gasteiger partial charge on any atom is 0.211 e. The van der Waals surface area contributed by atoms with Gasteiger partial charge in [-0.2, -0.15) is 0 Å². The second-order valence-corrected chi connectivity index (χ2v) is 6.43. The van der Waals surface area contributed by atoms with Crippen LogP contribution in [0.2, 0.25) is 0 Å². The van der Waals surface area contributed by atoms with Gasteiger partial charge in [-0.3, -0.25) is 0 Å². The number of rotatable bonds is 14. The molecule has 0 aliphatic carbocycles. The van der Waals surface area contributed by atoms with Crippen molar-refractivity contribution in [3.8, 4) is 0 Å². The lowest BCUT2D eigenvalue weighted by atomic mass is 10.2. The summed E-state index contributed by atoms with van der Waals surface area (Å²) >= 11 is 0. The second kappa shape index (κ2) is 12.8. The molecule has 1 N–H and O–H groups in total. The van der Waals surface area contributed by atoms with E-state index in [4.69, 9.17) is 9.47 Å². The maximum atomic E-state index is 11.6. The minimum atomic E-state index is -3.12. The first kappa shape index (κ1) is 18.8. The van der Waals surface area contributed by atoms with Gasteiger partial charge in [0, 0.05) is 13.2 Å². The van der Waals surface area contributed by atoms with Crippen LogP contribution in [0.5, 0.6) is 0 Å². The van der Waals surface area contributed by atoms with Crippen LogP contribution in [0.4, 0.5) is 0 Å². The first-order valence-corrected chi connectivity index (χ1v) is 8.90. The monoisotopic (exact) mass is 295 g/mol. The van der Waals surface area contributed by atoms with Gasteiger partial charge in [-0.05, 0) is 12.8 Å². The predicted molar refractivity (Wildman–Crippen MR) is 77.9 cm³/mol. The van der Waals surface area contributed by atoms with Gasteiger partial charge in [0.1, 0.15) is 0 Å². The summed E-state index contributed by atoms with van der Waals surface area (Å²) in [5.74, 6) is 0.215. The standard InChI is InChI=1S/C13H29NO4S/c1-3-5-6-7-13-19(15,16)14-8-10-18-12-11-17-9-4-2/h14H,3-13H2,1-2H3. The molecule has 0 atom stereocenters. The Hall–Kier alpha value is -0.170. The molecule has 0 aromatic carbocycles. The molecule has 0 fully saturated rings. The lowest BCUT2D eigenvalue weighted by Crippen LogP contribution is -2.30. The highest BCUT2D eigenvalue weighted by Crippen LogP contribution is 2.00. The highest BCUT2D eigenvalue weighted by molar-refractivity contribution is 7.89. The summed E-state index contributed by atoms with van der Waals surface area (Å²) in [5, 5.41) is 0. The van der Waals surface area contributed by atoms with Crippen molar-refractivity contribution < 1.29 is 17.9 Å². The van der Waals surface area contributed by atoms with Gasteiger partial charge in [-0.1, -0.05) is 33.1 Å². The molecule has 0 aromatic rings. The number of sulfonamides is 1. The van der Waals surface area contributed by atoms with Crippen LogP contribution in [0.15, 0.2) is 0 Å². The lowest BCUT2D eigenvalue weighted by Gasteiger charge is -2.07. The molecule has 0 rings (SSSR count). The van der Waals surface area contributed by atoms with Gasteiger partial charge in [-0.25, -0.2) is 13.1 Å². The van der Waals surface area contributed by atoms with E-state index in [0.29, 0.717) is 26.4 Å². The number of hydrogen-bond donors (Lipinski definition) is 1. The topological polar surface area (TPSA) is 64.6 Å². The zero-order valence-electron chi connectivity index (χ0n) is 12.3. The van der Waals surface area contributed by atoms with Crippen LogP contribution in [0.25, 0.3) is 0 Å². The van der Waals surface area contributed by atoms with Gasteiger partial charge in [0.25, 0.3) is 0 Å². The fraction of sp³-hybridized carbons (Fsp3) is 1.00. The molecule has 0 saturated carbocycles. The van der Waals surface area contributed by atoms with Crippen molar-refractivity contribution in [2.75, 3.05) is 38.7 Å². The SMILES string of the molecule is CCCCCCS(=O)(=O)NCCOCCOCCC. The van der Waals surface area contributed by atoms with E-state index in [1.807, 2.05) is 0 Å². The molecule has 0 unspecified atom stereocenters. The van der Waals surface area contributed by atoms with E-state index >= 15 is 0 Å². The quantitative estimate of drug-likeness (QED) is 0.497. The molecular formula is C13H29NO4S. The molecule has 0 heterocycles. The van der Waals surface area contributed by atoms with Crippen LogP contribution in [-0.2, 0) is 19.5 Å². The van der Waals surface area contributed by atoms with E-state index < -0.39 is 10.0 Å². The van der Waals surface area contributed by atoms with Crippen LogP contribution in [0.3, 0.4) is 0 Å². The van der Waals surface area contributed by atoms with E-state index in [9.17, 15) is 8.42 Å².